The van der Waals surface area contributed by atoms with E-state index in [0.29, 0.717) is 48.7 Å². The molecule has 0 bridgehead atoms. The van der Waals surface area contributed by atoms with E-state index in [4.69, 9.17) is 9.47 Å². The van der Waals surface area contributed by atoms with Gasteiger partial charge in [0.2, 0.25) is 6.10 Å². The molecule has 0 radical (unpaired) electrons. The summed E-state index contributed by atoms with van der Waals surface area (Å²) >= 11 is 0. The minimum atomic E-state index is -0.620. The van der Waals surface area contributed by atoms with E-state index in [1.54, 1.807) is 30.3 Å². The summed E-state index contributed by atoms with van der Waals surface area (Å²) in [5.41, 5.74) is 0.974. The fourth-order valence-electron chi connectivity index (χ4n) is 4.43. The van der Waals surface area contributed by atoms with Crippen LogP contribution in [0.25, 0.3) is 0 Å². The molecule has 2 aromatic rings. The van der Waals surface area contributed by atoms with Gasteiger partial charge in [0.05, 0.1) is 11.1 Å². The van der Waals surface area contributed by atoms with Crippen molar-refractivity contribution in [2.24, 2.45) is 0 Å². The molecule has 1 atom stereocenters. The number of rotatable bonds is 5. The first-order valence-corrected chi connectivity index (χ1v) is 11.0. The number of hydrogen-bond acceptors (Lipinski definition) is 6. The van der Waals surface area contributed by atoms with Gasteiger partial charge >= 0.3 is 0 Å². The second-order valence-electron chi connectivity index (χ2n) is 8.19. The standard InChI is InChI=1S/C24H25N3O5/c28-22-17-6-1-2-7-18(17)23(29)27(22)11-5-10-25-12-14-26(15-13-25)24(30)21-16-31-19-8-3-4-9-20(19)32-21/h1-4,6-9,21H,5,10-16H2/t21-/m0/s1. The molecule has 3 aliphatic heterocycles. The highest BCUT2D eigenvalue weighted by molar-refractivity contribution is 6.21. The fraction of sp³-hybridized carbons (Fsp3) is 0.375. The van der Waals surface area contributed by atoms with E-state index < -0.39 is 6.10 Å². The van der Waals surface area contributed by atoms with E-state index in [0.717, 1.165) is 19.6 Å². The van der Waals surface area contributed by atoms with E-state index >= 15 is 0 Å². The van der Waals surface area contributed by atoms with E-state index in [2.05, 4.69) is 4.90 Å². The van der Waals surface area contributed by atoms with Crippen LogP contribution < -0.4 is 9.47 Å². The molecule has 1 saturated heterocycles. The van der Waals surface area contributed by atoms with Crippen LogP contribution in [0.15, 0.2) is 48.5 Å². The van der Waals surface area contributed by atoms with Crippen LogP contribution in [-0.2, 0) is 4.79 Å². The van der Waals surface area contributed by atoms with Gasteiger partial charge in [-0.2, -0.15) is 0 Å². The Morgan fingerprint density at radius 2 is 1.47 bits per heavy atom. The molecule has 1 fully saturated rings. The Bertz CT molecular complexity index is 1010. The van der Waals surface area contributed by atoms with Crippen LogP contribution in [-0.4, -0.2) is 84.4 Å². The lowest BCUT2D eigenvalue weighted by atomic mass is 10.1. The SMILES string of the molecule is O=C([C@@H]1COc2ccccc2O1)N1CCN(CCCN2C(=O)c3ccccc3C2=O)CC1. The van der Waals surface area contributed by atoms with E-state index in [1.807, 2.05) is 23.1 Å². The zero-order valence-electron chi connectivity index (χ0n) is 17.7. The van der Waals surface area contributed by atoms with Gasteiger partial charge in [-0.25, -0.2) is 0 Å². The maximum absolute atomic E-state index is 12.9. The van der Waals surface area contributed by atoms with Gasteiger partial charge in [-0.1, -0.05) is 24.3 Å². The van der Waals surface area contributed by atoms with Crippen molar-refractivity contribution in [3.63, 3.8) is 0 Å². The molecular weight excluding hydrogens is 410 g/mol. The van der Waals surface area contributed by atoms with E-state index in [9.17, 15) is 14.4 Å². The number of para-hydroxylation sites is 2. The first-order chi connectivity index (χ1) is 15.6. The van der Waals surface area contributed by atoms with Crippen molar-refractivity contribution in [1.82, 2.24) is 14.7 Å². The van der Waals surface area contributed by atoms with Crippen molar-refractivity contribution in [2.75, 3.05) is 45.9 Å². The Morgan fingerprint density at radius 3 is 2.16 bits per heavy atom. The largest absolute Gasteiger partial charge is 0.485 e. The third-order valence-electron chi connectivity index (χ3n) is 6.20. The van der Waals surface area contributed by atoms with Crippen LogP contribution >= 0.6 is 0 Å². The number of amides is 3. The molecule has 0 aliphatic carbocycles. The lowest BCUT2D eigenvalue weighted by molar-refractivity contribution is -0.143. The molecule has 3 aliphatic rings. The second-order valence-corrected chi connectivity index (χ2v) is 8.19. The Kier molecular flexibility index (Phi) is 5.53. The molecule has 3 heterocycles. The lowest BCUT2D eigenvalue weighted by Gasteiger charge is -2.37. The normalized spacial score (nSPS) is 20.4. The molecule has 8 nitrogen and oxygen atoms in total. The van der Waals surface area contributed by atoms with Crippen molar-refractivity contribution < 1.29 is 23.9 Å². The average Bonchev–Trinajstić information content (AvgIpc) is 3.09. The summed E-state index contributed by atoms with van der Waals surface area (Å²) in [6, 6.07) is 14.3. The number of benzene rings is 2. The number of piperazine rings is 1. The molecule has 2 aromatic carbocycles. The van der Waals surface area contributed by atoms with Crippen LogP contribution in [0.3, 0.4) is 0 Å². The van der Waals surface area contributed by atoms with Gasteiger partial charge in [0.1, 0.15) is 6.61 Å². The smallest absolute Gasteiger partial charge is 0.267 e. The van der Waals surface area contributed by atoms with Gasteiger partial charge < -0.3 is 14.4 Å². The van der Waals surface area contributed by atoms with Crippen molar-refractivity contribution >= 4 is 17.7 Å². The highest BCUT2D eigenvalue weighted by Gasteiger charge is 2.35. The quantitative estimate of drug-likeness (QED) is 0.665. The topological polar surface area (TPSA) is 79.4 Å². The summed E-state index contributed by atoms with van der Waals surface area (Å²) in [5.74, 6) is 0.795. The molecule has 0 unspecified atom stereocenters. The number of fused-ring (bicyclic) bond motifs is 2. The van der Waals surface area contributed by atoms with Crippen LogP contribution in [0, 0.1) is 0 Å². The number of nitrogens with zero attached hydrogens (tertiary/aromatic N) is 3. The Morgan fingerprint density at radius 1 is 0.844 bits per heavy atom. The molecule has 0 N–H and O–H groups in total. The van der Waals surface area contributed by atoms with Gasteiger partial charge in [0, 0.05) is 32.7 Å². The highest BCUT2D eigenvalue weighted by Crippen LogP contribution is 2.31. The maximum atomic E-state index is 12.9. The summed E-state index contributed by atoms with van der Waals surface area (Å²) in [6.07, 6.45) is 0.0840. The van der Waals surface area contributed by atoms with Crippen molar-refractivity contribution in [1.29, 1.82) is 0 Å². The summed E-state index contributed by atoms with van der Waals surface area (Å²) in [6.45, 7) is 4.12. The molecule has 8 heteroatoms. The number of carbonyl (C=O) groups excluding carboxylic acids is 3. The zero-order valence-corrected chi connectivity index (χ0v) is 17.7. The number of hydrogen-bond donors (Lipinski definition) is 0. The molecule has 5 rings (SSSR count). The van der Waals surface area contributed by atoms with Gasteiger partial charge in [-0.3, -0.25) is 24.2 Å². The van der Waals surface area contributed by atoms with E-state index in [1.165, 1.54) is 4.90 Å². The third kappa shape index (κ3) is 3.82. The maximum Gasteiger partial charge on any atom is 0.267 e. The van der Waals surface area contributed by atoms with Gasteiger partial charge in [-0.15, -0.1) is 0 Å². The first-order valence-electron chi connectivity index (χ1n) is 11.0. The lowest BCUT2D eigenvalue weighted by Crippen LogP contribution is -2.54. The molecule has 166 valence electrons. The molecule has 3 amide bonds. The van der Waals surface area contributed by atoms with Crippen LogP contribution in [0.4, 0.5) is 0 Å². The van der Waals surface area contributed by atoms with Crippen LogP contribution in [0.5, 0.6) is 11.5 Å². The summed E-state index contributed by atoms with van der Waals surface area (Å²) in [7, 11) is 0. The summed E-state index contributed by atoms with van der Waals surface area (Å²) in [5, 5.41) is 0. The van der Waals surface area contributed by atoms with Crippen molar-refractivity contribution in [3.05, 3.63) is 59.7 Å². The third-order valence-corrected chi connectivity index (χ3v) is 6.20. The van der Waals surface area contributed by atoms with Crippen LogP contribution in [0.2, 0.25) is 0 Å². The Labute approximate surface area is 186 Å². The molecular formula is C24H25N3O5. The first kappa shape index (κ1) is 20.5. The van der Waals surface area contributed by atoms with E-state index in [-0.39, 0.29) is 24.3 Å². The van der Waals surface area contributed by atoms with Gasteiger partial charge in [-0.05, 0) is 37.2 Å². The van der Waals surface area contributed by atoms with Crippen molar-refractivity contribution in [2.45, 2.75) is 12.5 Å². The minimum Gasteiger partial charge on any atom is -0.485 e. The number of imide groups is 1. The predicted molar refractivity (Wildman–Crippen MR) is 116 cm³/mol. The Hall–Kier alpha value is -3.39. The summed E-state index contributed by atoms with van der Waals surface area (Å²) < 4.78 is 11.5. The number of carbonyl (C=O) groups is 3. The fourth-order valence-corrected chi connectivity index (χ4v) is 4.43. The second kappa shape index (κ2) is 8.63. The molecule has 0 saturated carbocycles. The predicted octanol–water partition coefficient (Wildman–Crippen LogP) is 1.66. The monoisotopic (exact) mass is 435 g/mol. The van der Waals surface area contributed by atoms with Gasteiger partial charge in [0.15, 0.2) is 11.5 Å². The number of ether oxygens (including phenoxy) is 2. The minimum absolute atomic E-state index is 0.0508. The Balaban J connectivity index is 1.07. The van der Waals surface area contributed by atoms with Gasteiger partial charge in [0.25, 0.3) is 17.7 Å². The average molecular weight is 435 g/mol. The van der Waals surface area contributed by atoms with Crippen LogP contribution in [0.1, 0.15) is 27.1 Å². The molecule has 0 aromatic heterocycles. The molecule has 32 heavy (non-hydrogen) atoms. The highest BCUT2D eigenvalue weighted by atomic mass is 16.6. The molecule has 0 spiro atoms. The zero-order chi connectivity index (χ0) is 22.1. The van der Waals surface area contributed by atoms with Crippen molar-refractivity contribution in [3.8, 4) is 11.5 Å². The summed E-state index contributed by atoms with van der Waals surface area (Å²) in [4.78, 5) is 43.2.